The molecule has 0 atom stereocenters. The summed E-state index contributed by atoms with van der Waals surface area (Å²) in [6, 6.07) is 8.56. The maximum absolute atomic E-state index is 12.0. The van der Waals surface area contributed by atoms with Gasteiger partial charge in [-0.1, -0.05) is 30.0 Å². The number of nitrogens with zero attached hydrogens (tertiary/aromatic N) is 1. The van der Waals surface area contributed by atoms with Gasteiger partial charge in [0, 0.05) is 5.75 Å². The molecule has 6 heteroatoms. The highest BCUT2D eigenvalue weighted by atomic mass is 32.2. The summed E-state index contributed by atoms with van der Waals surface area (Å²) in [7, 11) is 0. The summed E-state index contributed by atoms with van der Waals surface area (Å²) in [5.41, 5.74) is -0.510. The van der Waals surface area contributed by atoms with Crippen LogP contribution in [0.4, 0.5) is 0 Å². The molecular formula is C13H10N2O3S. The minimum absolute atomic E-state index is 0.00102. The number of amidine groups is 1. The van der Waals surface area contributed by atoms with Gasteiger partial charge in [0.1, 0.15) is 0 Å². The van der Waals surface area contributed by atoms with Gasteiger partial charge < -0.3 is 4.42 Å². The summed E-state index contributed by atoms with van der Waals surface area (Å²) in [6.07, 6.45) is 0. The van der Waals surface area contributed by atoms with E-state index in [0.29, 0.717) is 22.5 Å². The van der Waals surface area contributed by atoms with Crippen molar-refractivity contribution in [1.29, 1.82) is 0 Å². The van der Waals surface area contributed by atoms with Gasteiger partial charge in [0.15, 0.2) is 10.9 Å². The third-order valence-electron chi connectivity index (χ3n) is 2.70. The molecule has 0 saturated carbocycles. The van der Waals surface area contributed by atoms with Crippen molar-refractivity contribution in [3.63, 3.8) is 0 Å². The summed E-state index contributed by atoms with van der Waals surface area (Å²) in [5.74, 6) is 0.409. The number of aliphatic imine (C=N–C) groups is 1. The van der Waals surface area contributed by atoms with Crippen LogP contribution >= 0.6 is 11.8 Å². The van der Waals surface area contributed by atoms with Gasteiger partial charge in [0.2, 0.25) is 0 Å². The highest BCUT2D eigenvalue weighted by Gasteiger charge is 2.16. The van der Waals surface area contributed by atoms with Gasteiger partial charge >= 0.3 is 5.63 Å². The van der Waals surface area contributed by atoms with E-state index in [1.807, 2.05) is 0 Å². The summed E-state index contributed by atoms with van der Waals surface area (Å²) in [6.45, 7) is 0.696. The average Bonchev–Trinajstić information content (AvgIpc) is 2.91. The number of amides is 1. The van der Waals surface area contributed by atoms with Crippen LogP contribution in [-0.4, -0.2) is 23.4 Å². The maximum atomic E-state index is 12.0. The zero-order valence-corrected chi connectivity index (χ0v) is 10.7. The lowest BCUT2D eigenvalue weighted by molar-refractivity contribution is 0.0947. The SMILES string of the molecule is O=C(NC1=NCCS1)c1cc2ccccc2c(=O)o1. The van der Waals surface area contributed by atoms with Crippen LogP contribution in [0.25, 0.3) is 10.8 Å². The zero-order valence-electron chi connectivity index (χ0n) is 9.88. The standard InChI is InChI=1S/C13H10N2O3S/c16-11(15-13-14-5-6-19-13)10-7-8-3-1-2-4-9(8)12(17)18-10/h1-4,7H,5-6H2,(H,14,15,16). The van der Waals surface area contributed by atoms with Crippen LogP contribution in [-0.2, 0) is 0 Å². The highest BCUT2D eigenvalue weighted by Crippen LogP contribution is 2.13. The minimum Gasteiger partial charge on any atom is -0.417 e. The van der Waals surface area contributed by atoms with Crippen molar-refractivity contribution >= 4 is 33.6 Å². The van der Waals surface area contributed by atoms with Gasteiger partial charge in [0.05, 0.1) is 11.9 Å². The van der Waals surface area contributed by atoms with Crippen molar-refractivity contribution in [3.8, 4) is 0 Å². The maximum Gasteiger partial charge on any atom is 0.344 e. The Kier molecular flexibility index (Phi) is 3.08. The number of hydrogen-bond acceptors (Lipinski definition) is 5. The fourth-order valence-electron chi connectivity index (χ4n) is 1.82. The molecule has 0 spiro atoms. The molecule has 3 rings (SSSR count). The number of nitrogens with one attached hydrogen (secondary N) is 1. The summed E-state index contributed by atoms with van der Waals surface area (Å²) < 4.78 is 5.03. The molecule has 2 heterocycles. The molecule has 1 aromatic heterocycles. The molecule has 1 aliphatic heterocycles. The van der Waals surface area contributed by atoms with Gasteiger partial charge in [-0.15, -0.1) is 0 Å². The molecule has 1 aromatic carbocycles. The molecule has 0 fully saturated rings. The second-order valence-electron chi connectivity index (χ2n) is 3.97. The Balaban J connectivity index is 1.96. The Morgan fingerprint density at radius 3 is 3.00 bits per heavy atom. The first-order valence-electron chi connectivity index (χ1n) is 5.75. The first kappa shape index (κ1) is 12.0. The number of hydrogen-bond donors (Lipinski definition) is 1. The second-order valence-corrected chi connectivity index (χ2v) is 5.06. The van der Waals surface area contributed by atoms with Gasteiger partial charge in [-0.25, -0.2) is 4.79 Å². The van der Waals surface area contributed by atoms with E-state index >= 15 is 0 Å². The largest absolute Gasteiger partial charge is 0.417 e. The molecule has 19 heavy (non-hydrogen) atoms. The van der Waals surface area contributed by atoms with Crippen LogP contribution in [0.1, 0.15) is 10.6 Å². The normalized spacial score (nSPS) is 14.4. The van der Waals surface area contributed by atoms with E-state index in [9.17, 15) is 9.59 Å². The van der Waals surface area contributed by atoms with Crippen LogP contribution in [0.3, 0.4) is 0 Å². The third-order valence-corrected chi connectivity index (χ3v) is 3.59. The summed E-state index contributed by atoms with van der Waals surface area (Å²) in [5, 5.41) is 4.35. The van der Waals surface area contributed by atoms with E-state index in [2.05, 4.69) is 10.3 Å². The number of rotatable bonds is 1. The molecule has 1 aliphatic rings. The van der Waals surface area contributed by atoms with E-state index in [-0.39, 0.29) is 5.76 Å². The van der Waals surface area contributed by atoms with Gasteiger partial charge in [-0.3, -0.25) is 15.1 Å². The Morgan fingerprint density at radius 1 is 1.37 bits per heavy atom. The van der Waals surface area contributed by atoms with Crippen molar-refractivity contribution in [2.45, 2.75) is 0 Å². The number of fused-ring (bicyclic) bond motifs is 1. The number of carbonyl (C=O) groups excluding carboxylic acids is 1. The van der Waals surface area contributed by atoms with E-state index in [0.717, 1.165) is 5.75 Å². The van der Waals surface area contributed by atoms with E-state index < -0.39 is 11.5 Å². The Hall–Kier alpha value is -2.08. The molecule has 1 N–H and O–H groups in total. The summed E-state index contributed by atoms with van der Waals surface area (Å²) >= 11 is 1.47. The predicted octanol–water partition coefficient (Wildman–Crippen LogP) is 1.63. The first-order valence-corrected chi connectivity index (χ1v) is 6.74. The van der Waals surface area contributed by atoms with E-state index in [4.69, 9.17) is 4.42 Å². The first-order chi connectivity index (χ1) is 9.24. The van der Waals surface area contributed by atoms with E-state index in [1.165, 1.54) is 11.8 Å². The van der Waals surface area contributed by atoms with Crippen molar-refractivity contribution in [2.75, 3.05) is 12.3 Å². The lowest BCUT2D eigenvalue weighted by Crippen LogP contribution is -2.28. The summed E-state index contributed by atoms with van der Waals surface area (Å²) in [4.78, 5) is 27.8. The molecule has 2 aromatic rings. The molecular weight excluding hydrogens is 264 g/mol. The van der Waals surface area contributed by atoms with Crippen LogP contribution in [0, 0.1) is 0 Å². The molecule has 0 saturated heterocycles. The van der Waals surface area contributed by atoms with Gasteiger partial charge in [0.25, 0.3) is 5.91 Å². The van der Waals surface area contributed by atoms with Crippen LogP contribution in [0.2, 0.25) is 0 Å². The minimum atomic E-state index is -0.510. The Bertz CT molecular complexity index is 736. The number of thioether (sulfide) groups is 1. The lowest BCUT2D eigenvalue weighted by Gasteiger charge is -2.03. The quantitative estimate of drug-likeness (QED) is 0.857. The Labute approximate surface area is 112 Å². The molecule has 0 aliphatic carbocycles. The van der Waals surface area contributed by atoms with Crippen molar-refractivity contribution in [1.82, 2.24) is 5.32 Å². The molecule has 1 amide bonds. The van der Waals surface area contributed by atoms with Crippen LogP contribution in [0.5, 0.6) is 0 Å². The number of benzene rings is 1. The fraction of sp³-hybridized carbons (Fsp3) is 0.154. The smallest absolute Gasteiger partial charge is 0.344 e. The van der Waals surface area contributed by atoms with Crippen LogP contribution < -0.4 is 10.9 Å². The van der Waals surface area contributed by atoms with E-state index in [1.54, 1.807) is 30.3 Å². The zero-order chi connectivity index (χ0) is 13.2. The second kappa shape index (κ2) is 4.89. The molecule has 5 nitrogen and oxygen atoms in total. The highest BCUT2D eigenvalue weighted by molar-refractivity contribution is 8.14. The Morgan fingerprint density at radius 2 is 2.21 bits per heavy atom. The molecule has 0 unspecified atom stereocenters. The lowest BCUT2D eigenvalue weighted by atomic mass is 10.1. The molecule has 0 bridgehead atoms. The topological polar surface area (TPSA) is 71.7 Å². The molecule has 0 radical (unpaired) electrons. The third kappa shape index (κ3) is 2.39. The van der Waals surface area contributed by atoms with Crippen molar-refractivity contribution in [2.24, 2.45) is 4.99 Å². The fourth-order valence-corrected chi connectivity index (χ4v) is 2.54. The van der Waals surface area contributed by atoms with Crippen LogP contribution in [0.15, 0.2) is 44.5 Å². The van der Waals surface area contributed by atoms with Crippen molar-refractivity contribution in [3.05, 3.63) is 46.5 Å². The monoisotopic (exact) mass is 274 g/mol. The average molecular weight is 274 g/mol. The number of carbonyl (C=O) groups is 1. The molecule has 96 valence electrons. The predicted molar refractivity (Wildman–Crippen MR) is 74.7 cm³/mol. The van der Waals surface area contributed by atoms with Crippen molar-refractivity contribution < 1.29 is 9.21 Å². The van der Waals surface area contributed by atoms with Gasteiger partial charge in [-0.05, 0) is 17.5 Å². The van der Waals surface area contributed by atoms with Gasteiger partial charge in [-0.2, -0.15) is 0 Å².